The Labute approximate surface area is 83.2 Å². The van der Waals surface area contributed by atoms with Crippen LogP contribution in [0.25, 0.3) is 0 Å². The van der Waals surface area contributed by atoms with Crippen molar-refractivity contribution in [2.24, 2.45) is 0 Å². The molecule has 0 heterocycles. The van der Waals surface area contributed by atoms with E-state index in [0.717, 1.165) is 17.6 Å². The van der Waals surface area contributed by atoms with Gasteiger partial charge in [0.15, 0.2) is 0 Å². The number of likely N-dealkylation sites (N-methyl/N-ethyl adjacent to an activating group) is 1. The van der Waals surface area contributed by atoms with Gasteiger partial charge in [-0.1, -0.05) is 19.8 Å². The first-order valence-electron chi connectivity index (χ1n) is 5.63. The van der Waals surface area contributed by atoms with Gasteiger partial charge in [-0.25, -0.2) is 0 Å². The molecular formula is C11H26NO+. The van der Waals surface area contributed by atoms with Gasteiger partial charge in [0, 0.05) is 0 Å². The van der Waals surface area contributed by atoms with Gasteiger partial charge >= 0.3 is 0 Å². The molecule has 0 aromatic heterocycles. The Morgan fingerprint density at radius 3 is 2.15 bits per heavy atom. The van der Waals surface area contributed by atoms with Gasteiger partial charge < -0.3 is 9.59 Å². The summed E-state index contributed by atoms with van der Waals surface area (Å²) in [5.74, 6) is 0. The number of aliphatic hydroxyl groups excluding tert-OH is 1. The third kappa shape index (κ3) is 6.05. The summed E-state index contributed by atoms with van der Waals surface area (Å²) < 4.78 is 1.03. The van der Waals surface area contributed by atoms with E-state index >= 15 is 0 Å². The SMILES string of the molecule is CCCCCC[N+](C)(CC)CCO. The predicted octanol–water partition coefficient (Wildman–Crippen LogP) is 2.03. The zero-order valence-corrected chi connectivity index (χ0v) is 9.55. The minimum absolute atomic E-state index is 0.318. The molecule has 0 aromatic rings. The van der Waals surface area contributed by atoms with Crippen LogP contribution < -0.4 is 0 Å². The molecule has 0 radical (unpaired) electrons. The summed E-state index contributed by atoms with van der Waals surface area (Å²) in [6.07, 6.45) is 5.30. The average Bonchev–Trinajstić information content (AvgIpc) is 2.13. The van der Waals surface area contributed by atoms with Crippen LogP contribution in [0.2, 0.25) is 0 Å². The fourth-order valence-corrected chi connectivity index (χ4v) is 1.59. The molecule has 0 saturated carbocycles. The van der Waals surface area contributed by atoms with E-state index in [0.29, 0.717) is 6.61 Å². The topological polar surface area (TPSA) is 20.2 Å². The predicted molar refractivity (Wildman–Crippen MR) is 57.7 cm³/mol. The Balaban J connectivity index is 3.57. The van der Waals surface area contributed by atoms with Crippen LogP contribution in [0.1, 0.15) is 39.5 Å². The summed E-state index contributed by atoms with van der Waals surface area (Å²) in [7, 11) is 2.24. The number of nitrogens with zero attached hydrogens (tertiary/aromatic N) is 1. The highest BCUT2D eigenvalue weighted by Gasteiger charge is 2.16. The highest BCUT2D eigenvalue weighted by molar-refractivity contribution is 4.42. The third-order valence-corrected chi connectivity index (χ3v) is 2.95. The summed E-state index contributed by atoms with van der Waals surface area (Å²) in [6.45, 7) is 8.02. The Kier molecular flexibility index (Phi) is 7.29. The summed E-state index contributed by atoms with van der Waals surface area (Å²) in [5, 5.41) is 8.92. The number of quaternary nitrogens is 1. The van der Waals surface area contributed by atoms with Gasteiger partial charge in [-0.2, -0.15) is 0 Å². The standard InChI is InChI=1S/C11H26NO/c1-4-6-7-8-9-12(3,5-2)10-11-13/h13H,4-11H2,1-3H3/q+1. The van der Waals surface area contributed by atoms with Crippen LogP contribution in [0.15, 0.2) is 0 Å². The van der Waals surface area contributed by atoms with Gasteiger partial charge in [-0.15, -0.1) is 0 Å². The molecule has 0 aliphatic heterocycles. The highest BCUT2D eigenvalue weighted by atomic mass is 16.3. The number of aliphatic hydroxyl groups is 1. The van der Waals surface area contributed by atoms with Crippen LogP contribution in [-0.2, 0) is 0 Å². The lowest BCUT2D eigenvalue weighted by Gasteiger charge is -2.32. The van der Waals surface area contributed by atoms with Crippen molar-refractivity contribution in [3.05, 3.63) is 0 Å². The molecule has 0 aliphatic rings. The summed E-state index contributed by atoms with van der Waals surface area (Å²) >= 11 is 0. The van der Waals surface area contributed by atoms with Crippen LogP contribution in [-0.4, -0.2) is 42.9 Å². The molecule has 1 unspecified atom stereocenters. The van der Waals surface area contributed by atoms with Crippen LogP contribution >= 0.6 is 0 Å². The minimum Gasteiger partial charge on any atom is -0.391 e. The molecule has 1 atom stereocenters. The van der Waals surface area contributed by atoms with Gasteiger partial charge in [0.1, 0.15) is 6.54 Å². The lowest BCUT2D eigenvalue weighted by atomic mass is 10.2. The van der Waals surface area contributed by atoms with Crippen LogP contribution in [0.4, 0.5) is 0 Å². The number of rotatable bonds is 8. The average molecular weight is 188 g/mol. The molecule has 0 bridgehead atoms. The molecule has 2 heteroatoms. The van der Waals surface area contributed by atoms with Crippen molar-refractivity contribution in [1.82, 2.24) is 0 Å². The van der Waals surface area contributed by atoms with E-state index in [9.17, 15) is 0 Å². The summed E-state index contributed by atoms with van der Waals surface area (Å²) in [4.78, 5) is 0. The van der Waals surface area contributed by atoms with Gasteiger partial charge in [-0.3, -0.25) is 0 Å². The van der Waals surface area contributed by atoms with Crippen molar-refractivity contribution in [2.75, 3.05) is 33.3 Å². The van der Waals surface area contributed by atoms with E-state index in [2.05, 4.69) is 20.9 Å². The molecule has 80 valence electrons. The lowest BCUT2D eigenvalue weighted by Crippen LogP contribution is -2.46. The molecule has 0 amide bonds. The van der Waals surface area contributed by atoms with E-state index in [1.165, 1.54) is 32.2 Å². The van der Waals surface area contributed by atoms with Crippen LogP contribution in [0.3, 0.4) is 0 Å². The largest absolute Gasteiger partial charge is 0.391 e. The quantitative estimate of drug-likeness (QED) is 0.456. The number of hydrogen-bond acceptors (Lipinski definition) is 1. The maximum atomic E-state index is 8.92. The molecule has 2 nitrogen and oxygen atoms in total. The fourth-order valence-electron chi connectivity index (χ4n) is 1.59. The van der Waals surface area contributed by atoms with Crippen molar-refractivity contribution in [3.8, 4) is 0 Å². The first kappa shape index (κ1) is 12.9. The third-order valence-electron chi connectivity index (χ3n) is 2.95. The lowest BCUT2D eigenvalue weighted by molar-refractivity contribution is -0.908. The van der Waals surface area contributed by atoms with Gasteiger partial charge in [0.25, 0.3) is 0 Å². The fraction of sp³-hybridized carbons (Fsp3) is 1.00. The van der Waals surface area contributed by atoms with Gasteiger partial charge in [0.05, 0.1) is 26.7 Å². The molecule has 0 aromatic carbocycles. The normalized spacial score (nSPS) is 15.7. The first-order chi connectivity index (χ1) is 6.18. The zero-order valence-electron chi connectivity index (χ0n) is 9.55. The molecule has 0 rings (SSSR count). The second-order valence-electron chi connectivity index (χ2n) is 4.17. The van der Waals surface area contributed by atoms with Gasteiger partial charge in [0.2, 0.25) is 0 Å². The molecule has 0 fully saturated rings. The Hall–Kier alpha value is -0.0800. The van der Waals surface area contributed by atoms with E-state index in [-0.39, 0.29) is 0 Å². The smallest absolute Gasteiger partial charge is 0.102 e. The van der Waals surface area contributed by atoms with Crippen molar-refractivity contribution in [1.29, 1.82) is 0 Å². The maximum absolute atomic E-state index is 8.92. The second kappa shape index (κ2) is 7.34. The zero-order chi connectivity index (χ0) is 10.2. The molecule has 0 spiro atoms. The van der Waals surface area contributed by atoms with Crippen molar-refractivity contribution in [2.45, 2.75) is 39.5 Å². The highest BCUT2D eigenvalue weighted by Crippen LogP contribution is 2.07. The van der Waals surface area contributed by atoms with E-state index in [4.69, 9.17) is 5.11 Å². The van der Waals surface area contributed by atoms with E-state index < -0.39 is 0 Å². The van der Waals surface area contributed by atoms with Crippen LogP contribution in [0.5, 0.6) is 0 Å². The van der Waals surface area contributed by atoms with Crippen molar-refractivity contribution >= 4 is 0 Å². The second-order valence-corrected chi connectivity index (χ2v) is 4.17. The Morgan fingerprint density at radius 1 is 1.00 bits per heavy atom. The Bertz CT molecular complexity index is 117. The van der Waals surface area contributed by atoms with Crippen molar-refractivity contribution in [3.63, 3.8) is 0 Å². The van der Waals surface area contributed by atoms with E-state index in [1.807, 2.05) is 0 Å². The molecule has 0 saturated heterocycles. The molecular weight excluding hydrogens is 162 g/mol. The first-order valence-corrected chi connectivity index (χ1v) is 5.63. The summed E-state index contributed by atoms with van der Waals surface area (Å²) in [5.41, 5.74) is 0. The summed E-state index contributed by atoms with van der Waals surface area (Å²) in [6, 6.07) is 0. The molecule has 1 N–H and O–H groups in total. The molecule has 0 aliphatic carbocycles. The Morgan fingerprint density at radius 2 is 1.69 bits per heavy atom. The molecule has 13 heavy (non-hydrogen) atoms. The number of unbranched alkanes of at least 4 members (excludes halogenated alkanes) is 3. The van der Waals surface area contributed by atoms with Gasteiger partial charge in [-0.05, 0) is 19.8 Å². The van der Waals surface area contributed by atoms with E-state index in [1.54, 1.807) is 0 Å². The monoisotopic (exact) mass is 188 g/mol. The minimum atomic E-state index is 0.318. The van der Waals surface area contributed by atoms with Crippen molar-refractivity contribution < 1.29 is 9.59 Å². The maximum Gasteiger partial charge on any atom is 0.102 e. The van der Waals surface area contributed by atoms with Crippen LogP contribution in [0, 0.1) is 0 Å². The number of hydrogen-bond donors (Lipinski definition) is 1.